The van der Waals surface area contributed by atoms with Crippen LogP contribution < -0.4 is 5.32 Å². The van der Waals surface area contributed by atoms with Crippen LogP contribution in [0.25, 0.3) is 0 Å². The lowest BCUT2D eigenvalue weighted by molar-refractivity contribution is -0.124. The average Bonchev–Trinajstić information content (AvgIpc) is 3.25. The molecule has 5 nitrogen and oxygen atoms in total. The minimum absolute atomic E-state index is 0.0104. The molecule has 3 unspecified atom stereocenters. The van der Waals surface area contributed by atoms with Gasteiger partial charge in [0.15, 0.2) is 0 Å². The van der Waals surface area contributed by atoms with E-state index in [9.17, 15) is 20.1 Å². The monoisotopic (exact) mass is 860 g/mol. The van der Waals surface area contributed by atoms with Crippen LogP contribution in [-0.4, -0.2) is 46.1 Å². The van der Waals surface area contributed by atoms with Gasteiger partial charge < -0.3 is 20.6 Å². The van der Waals surface area contributed by atoms with Crippen LogP contribution in [0.15, 0.2) is 24.3 Å². The SMILES string of the molecule is CCCCCCCCCCCCCCC/C=C/CC/C=C/C(O)C(CO)NC(=O)CC(O)CCCCCCCCCCCCCCCCCCCCCCCCCCCCC. The number of allylic oxidation sites excluding steroid dienone is 3. The van der Waals surface area contributed by atoms with Gasteiger partial charge >= 0.3 is 0 Å². The summed E-state index contributed by atoms with van der Waals surface area (Å²) in [6, 6.07) is -0.759. The summed E-state index contributed by atoms with van der Waals surface area (Å²) in [4.78, 5) is 12.5. The van der Waals surface area contributed by atoms with Gasteiger partial charge in [0.05, 0.1) is 31.3 Å². The van der Waals surface area contributed by atoms with Crippen LogP contribution >= 0.6 is 0 Å². The molecule has 3 atom stereocenters. The van der Waals surface area contributed by atoms with E-state index in [2.05, 4.69) is 31.3 Å². The van der Waals surface area contributed by atoms with E-state index in [1.807, 2.05) is 6.08 Å². The maximum absolute atomic E-state index is 12.5. The van der Waals surface area contributed by atoms with Gasteiger partial charge in [-0.15, -0.1) is 0 Å². The highest BCUT2D eigenvalue weighted by Gasteiger charge is 2.20. The lowest BCUT2D eigenvalue weighted by Gasteiger charge is -2.21. The molecule has 0 bridgehead atoms. The first-order valence-electron chi connectivity index (χ1n) is 27.6. The predicted octanol–water partition coefficient (Wildman–Crippen LogP) is 16.9. The fraction of sp³-hybridized carbons (Fsp3) is 0.911. The normalized spacial score (nSPS) is 13.5. The van der Waals surface area contributed by atoms with Crippen molar-refractivity contribution in [2.75, 3.05) is 6.61 Å². The number of nitrogens with one attached hydrogen (secondary N) is 1. The van der Waals surface area contributed by atoms with Crippen molar-refractivity contribution in [1.82, 2.24) is 5.32 Å². The Morgan fingerprint density at radius 3 is 1.05 bits per heavy atom. The second-order valence-electron chi connectivity index (χ2n) is 19.2. The Morgan fingerprint density at radius 2 is 0.705 bits per heavy atom. The number of rotatable bonds is 51. The lowest BCUT2D eigenvalue weighted by Crippen LogP contribution is -2.45. The quantitative estimate of drug-likeness (QED) is 0.0362. The standard InChI is InChI=1S/C56H109NO4/c1-3-5-7-9-11-13-15-17-19-21-23-24-25-26-27-28-29-30-32-33-35-37-39-41-43-45-47-49-53(59)51-56(61)57-54(52-58)55(60)50-48-46-44-42-40-38-36-34-31-22-20-18-16-14-12-10-8-6-4-2/h40,42,48,50,53-55,58-60H,3-39,41,43-47,49,51-52H2,1-2H3,(H,57,61)/b42-40+,50-48+. The first kappa shape index (κ1) is 59.8. The fourth-order valence-electron chi connectivity index (χ4n) is 8.77. The molecule has 0 aliphatic heterocycles. The number of aliphatic hydroxyl groups is 3. The van der Waals surface area contributed by atoms with Gasteiger partial charge in [-0.3, -0.25) is 4.79 Å². The number of aliphatic hydroxyl groups excluding tert-OH is 3. The molecule has 0 heterocycles. The van der Waals surface area contributed by atoms with E-state index in [4.69, 9.17) is 0 Å². The molecular weight excluding hydrogens is 751 g/mol. The largest absolute Gasteiger partial charge is 0.394 e. The summed E-state index contributed by atoms with van der Waals surface area (Å²) >= 11 is 0. The molecule has 0 aliphatic carbocycles. The Hall–Kier alpha value is -1.17. The summed E-state index contributed by atoms with van der Waals surface area (Å²) in [5.41, 5.74) is 0. The van der Waals surface area contributed by atoms with Crippen LogP contribution in [0.4, 0.5) is 0 Å². The molecule has 362 valence electrons. The number of unbranched alkanes of at least 4 members (excludes halogenated alkanes) is 40. The molecule has 0 rings (SSSR count). The molecule has 0 spiro atoms. The van der Waals surface area contributed by atoms with Crippen molar-refractivity contribution >= 4 is 5.91 Å². The van der Waals surface area contributed by atoms with Crippen molar-refractivity contribution in [2.24, 2.45) is 0 Å². The maximum Gasteiger partial charge on any atom is 0.222 e. The van der Waals surface area contributed by atoms with Crippen molar-refractivity contribution in [1.29, 1.82) is 0 Å². The maximum atomic E-state index is 12.5. The van der Waals surface area contributed by atoms with Crippen LogP contribution in [0, 0.1) is 0 Å². The molecule has 1 amide bonds. The Bertz CT molecular complexity index is 905. The zero-order valence-corrected chi connectivity index (χ0v) is 41.3. The second-order valence-corrected chi connectivity index (χ2v) is 19.2. The van der Waals surface area contributed by atoms with E-state index >= 15 is 0 Å². The molecule has 0 saturated carbocycles. The van der Waals surface area contributed by atoms with Crippen molar-refractivity contribution in [3.63, 3.8) is 0 Å². The second kappa shape index (κ2) is 51.5. The summed E-state index contributed by atoms with van der Waals surface area (Å²) in [6.07, 6.45) is 65.1. The minimum Gasteiger partial charge on any atom is -0.394 e. The summed E-state index contributed by atoms with van der Waals surface area (Å²) in [7, 11) is 0. The molecule has 0 aromatic carbocycles. The van der Waals surface area contributed by atoms with Crippen LogP contribution in [0.3, 0.4) is 0 Å². The molecule has 0 fully saturated rings. The van der Waals surface area contributed by atoms with E-state index in [0.717, 1.165) is 32.1 Å². The van der Waals surface area contributed by atoms with Crippen LogP contribution in [0.5, 0.6) is 0 Å². The summed E-state index contributed by atoms with van der Waals surface area (Å²) in [5.74, 6) is -0.319. The Morgan fingerprint density at radius 1 is 0.410 bits per heavy atom. The molecule has 0 saturated heterocycles. The number of hydrogen-bond acceptors (Lipinski definition) is 4. The van der Waals surface area contributed by atoms with Gasteiger partial charge in [-0.1, -0.05) is 289 Å². The first-order chi connectivity index (χ1) is 30.0. The lowest BCUT2D eigenvalue weighted by atomic mass is 10.0. The van der Waals surface area contributed by atoms with Gasteiger partial charge in [-0.05, 0) is 32.1 Å². The van der Waals surface area contributed by atoms with E-state index in [1.165, 1.54) is 244 Å². The Balaban J connectivity index is 3.56. The van der Waals surface area contributed by atoms with Crippen molar-refractivity contribution in [2.45, 2.75) is 321 Å². The number of carbonyl (C=O) groups is 1. The average molecular weight is 860 g/mol. The Kier molecular flexibility index (Phi) is 50.5. The van der Waals surface area contributed by atoms with Gasteiger partial charge in [0.25, 0.3) is 0 Å². The van der Waals surface area contributed by atoms with Crippen LogP contribution in [0.1, 0.15) is 303 Å². The highest BCUT2D eigenvalue weighted by atomic mass is 16.3. The van der Waals surface area contributed by atoms with E-state index in [-0.39, 0.29) is 18.9 Å². The molecule has 5 heteroatoms. The smallest absolute Gasteiger partial charge is 0.222 e. The van der Waals surface area contributed by atoms with E-state index in [0.29, 0.717) is 6.42 Å². The number of carbonyl (C=O) groups excluding carboxylic acids is 1. The van der Waals surface area contributed by atoms with Gasteiger partial charge in [0.2, 0.25) is 5.91 Å². The fourth-order valence-corrected chi connectivity index (χ4v) is 8.77. The summed E-state index contributed by atoms with van der Waals surface area (Å²) in [6.45, 7) is 4.24. The number of amides is 1. The molecule has 0 radical (unpaired) electrons. The summed E-state index contributed by atoms with van der Waals surface area (Å²) < 4.78 is 0. The Labute approximate surface area is 382 Å². The van der Waals surface area contributed by atoms with Crippen molar-refractivity contribution in [3.05, 3.63) is 24.3 Å². The van der Waals surface area contributed by atoms with Crippen molar-refractivity contribution in [3.8, 4) is 0 Å². The first-order valence-corrected chi connectivity index (χ1v) is 27.6. The molecular formula is C56H109NO4. The molecule has 0 aromatic rings. The van der Waals surface area contributed by atoms with Gasteiger partial charge in [-0.25, -0.2) is 0 Å². The third-order valence-electron chi connectivity index (χ3n) is 13.0. The number of hydrogen-bond donors (Lipinski definition) is 4. The van der Waals surface area contributed by atoms with E-state index in [1.54, 1.807) is 6.08 Å². The predicted molar refractivity (Wildman–Crippen MR) is 268 cm³/mol. The molecule has 0 aromatic heterocycles. The minimum atomic E-state index is -0.950. The topological polar surface area (TPSA) is 89.8 Å². The molecule has 61 heavy (non-hydrogen) atoms. The zero-order chi connectivity index (χ0) is 44.4. The van der Waals surface area contributed by atoms with E-state index < -0.39 is 18.2 Å². The van der Waals surface area contributed by atoms with Gasteiger partial charge in [-0.2, -0.15) is 0 Å². The van der Waals surface area contributed by atoms with Gasteiger partial charge in [0.1, 0.15) is 0 Å². The zero-order valence-electron chi connectivity index (χ0n) is 41.3. The summed E-state index contributed by atoms with van der Waals surface area (Å²) in [5, 5.41) is 33.4. The van der Waals surface area contributed by atoms with Crippen LogP contribution in [0.2, 0.25) is 0 Å². The van der Waals surface area contributed by atoms with Crippen LogP contribution in [-0.2, 0) is 4.79 Å². The molecule has 4 N–H and O–H groups in total. The third kappa shape index (κ3) is 48.1. The molecule has 0 aliphatic rings. The van der Waals surface area contributed by atoms with Crippen molar-refractivity contribution < 1.29 is 20.1 Å². The highest BCUT2D eigenvalue weighted by Crippen LogP contribution is 2.18. The van der Waals surface area contributed by atoms with Gasteiger partial charge in [0, 0.05) is 0 Å². The highest BCUT2D eigenvalue weighted by molar-refractivity contribution is 5.76. The third-order valence-corrected chi connectivity index (χ3v) is 13.0.